The zero-order chi connectivity index (χ0) is 20.6. The molecule has 0 spiro atoms. The molecule has 0 aliphatic carbocycles. The van der Waals surface area contributed by atoms with E-state index in [9.17, 15) is 13.2 Å². The van der Waals surface area contributed by atoms with Crippen molar-refractivity contribution in [3.05, 3.63) is 54.1 Å². The van der Waals surface area contributed by atoms with Gasteiger partial charge in [0.25, 0.3) is 0 Å². The van der Waals surface area contributed by atoms with Crippen LogP contribution in [0.15, 0.2) is 48.5 Å². The average molecular weight is 407 g/mol. The minimum absolute atomic E-state index is 0.254. The van der Waals surface area contributed by atoms with Crippen molar-refractivity contribution in [2.45, 2.75) is 12.8 Å². The van der Waals surface area contributed by atoms with Gasteiger partial charge in [-0.2, -0.15) is 0 Å². The largest absolute Gasteiger partial charge is 0.497 e. The number of rotatable bonds is 10. The maximum absolute atomic E-state index is 12.3. The first-order valence-corrected chi connectivity index (χ1v) is 10.7. The van der Waals surface area contributed by atoms with Crippen molar-refractivity contribution in [2.75, 3.05) is 37.9 Å². The molecule has 1 N–H and O–H groups in total. The minimum atomic E-state index is -3.71. The molecule has 0 aromatic heterocycles. The highest BCUT2D eigenvalue weighted by atomic mass is 32.2. The van der Waals surface area contributed by atoms with Crippen LogP contribution in [0.3, 0.4) is 0 Å². The molecule has 28 heavy (non-hydrogen) atoms. The van der Waals surface area contributed by atoms with E-state index in [0.29, 0.717) is 18.0 Å². The Balaban J connectivity index is 2.03. The van der Waals surface area contributed by atoms with E-state index in [4.69, 9.17) is 9.47 Å². The van der Waals surface area contributed by atoms with Crippen molar-refractivity contribution in [3.8, 4) is 11.5 Å². The second-order valence-corrected chi connectivity index (χ2v) is 8.15. The van der Waals surface area contributed by atoms with Gasteiger partial charge in [0.2, 0.25) is 15.9 Å². The SMILES string of the molecule is COc1ccc(OC)c(N(CC(=O)NCCCc2ccccc2)S(C)(=O)=O)c1. The summed E-state index contributed by atoms with van der Waals surface area (Å²) in [5.74, 6) is 0.416. The molecule has 2 aromatic rings. The molecule has 1 amide bonds. The monoisotopic (exact) mass is 406 g/mol. The molecule has 0 aliphatic rings. The number of methoxy groups -OCH3 is 2. The van der Waals surface area contributed by atoms with Crippen LogP contribution in [0.5, 0.6) is 11.5 Å². The van der Waals surface area contributed by atoms with Crippen molar-refractivity contribution < 1.29 is 22.7 Å². The van der Waals surface area contributed by atoms with Crippen LogP contribution < -0.4 is 19.1 Å². The molecule has 152 valence electrons. The number of anilines is 1. The Bertz CT molecular complexity index is 885. The fourth-order valence-electron chi connectivity index (χ4n) is 2.72. The van der Waals surface area contributed by atoms with E-state index in [0.717, 1.165) is 23.4 Å². The highest BCUT2D eigenvalue weighted by Crippen LogP contribution is 2.33. The van der Waals surface area contributed by atoms with E-state index in [1.54, 1.807) is 12.1 Å². The number of sulfonamides is 1. The number of amides is 1. The molecule has 2 rings (SSSR count). The topological polar surface area (TPSA) is 84.9 Å². The van der Waals surface area contributed by atoms with E-state index in [-0.39, 0.29) is 18.1 Å². The minimum Gasteiger partial charge on any atom is -0.497 e. The Hall–Kier alpha value is -2.74. The predicted molar refractivity (Wildman–Crippen MR) is 110 cm³/mol. The van der Waals surface area contributed by atoms with Crippen molar-refractivity contribution in [1.82, 2.24) is 5.32 Å². The molecule has 0 atom stereocenters. The number of hydrogen-bond donors (Lipinski definition) is 1. The molecule has 0 unspecified atom stereocenters. The highest BCUT2D eigenvalue weighted by Gasteiger charge is 2.24. The molecule has 7 nitrogen and oxygen atoms in total. The highest BCUT2D eigenvalue weighted by molar-refractivity contribution is 7.92. The van der Waals surface area contributed by atoms with Gasteiger partial charge >= 0.3 is 0 Å². The van der Waals surface area contributed by atoms with Crippen LogP contribution in [0.2, 0.25) is 0 Å². The van der Waals surface area contributed by atoms with Gasteiger partial charge in [-0.1, -0.05) is 30.3 Å². The summed E-state index contributed by atoms with van der Waals surface area (Å²) in [4.78, 5) is 12.3. The average Bonchev–Trinajstić information content (AvgIpc) is 2.69. The Labute approximate surface area is 166 Å². The summed E-state index contributed by atoms with van der Waals surface area (Å²) in [6.07, 6.45) is 2.65. The first kappa shape index (κ1) is 21.6. The van der Waals surface area contributed by atoms with E-state index in [2.05, 4.69) is 5.32 Å². The summed E-state index contributed by atoms with van der Waals surface area (Å²) in [7, 11) is -0.785. The van der Waals surface area contributed by atoms with E-state index >= 15 is 0 Å². The molecule has 0 radical (unpaired) electrons. The molecule has 8 heteroatoms. The number of aryl methyl sites for hydroxylation is 1. The molecule has 2 aromatic carbocycles. The second-order valence-electron chi connectivity index (χ2n) is 6.25. The van der Waals surface area contributed by atoms with Crippen molar-refractivity contribution >= 4 is 21.6 Å². The normalized spacial score (nSPS) is 11.0. The van der Waals surface area contributed by atoms with E-state index in [1.165, 1.54) is 25.8 Å². The van der Waals surface area contributed by atoms with Crippen LogP contribution in [0.25, 0.3) is 0 Å². The van der Waals surface area contributed by atoms with Crippen LogP contribution in [0.1, 0.15) is 12.0 Å². The van der Waals surface area contributed by atoms with Gasteiger partial charge in [0.05, 0.1) is 26.2 Å². The number of benzene rings is 2. The molecule has 0 bridgehead atoms. The fraction of sp³-hybridized carbons (Fsp3) is 0.350. The maximum atomic E-state index is 12.3. The second kappa shape index (κ2) is 9.98. The maximum Gasteiger partial charge on any atom is 0.240 e. The number of ether oxygens (including phenoxy) is 2. The number of hydrogen-bond acceptors (Lipinski definition) is 5. The Kier molecular flexibility index (Phi) is 7.69. The van der Waals surface area contributed by atoms with Gasteiger partial charge in [-0.15, -0.1) is 0 Å². The molecular weight excluding hydrogens is 380 g/mol. The lowest BCUT2D eigenvalue weighted by Gasteiger charge is -2.24. The number of nitrogens with zero attached hydrogens (tertiary/aromatic N) is 1. The standard InChI is InChI=1S/C20H26N2O5S/c1-26-17-11-12-19(27-2)18(14-17)22(28(3,24)25)15-20(23)21-13-7-10-16-8-5-4-6-9-16/h4-6,8-9,11-12,14H,7,10,13,15H2,1-3H3,(H,21,23). The molecule has 0 saturated carbocycles. The lowest BCUT2D eigenvalue weighted by atomic mass is 10.1. The van der Waals surface area contributed by atoms with Crippen molar-refractivity contribution in [1.29, 1.82) is 0 Å². The Morgan fingerprint density at radius 2 is 1.79 bits per heavy atom. The molecule has 0 saturated heterocycles. The molecular formula is C20H26N2O5S. The third kappa shape index (κ3) is 6.16. The predicted octanol–water partition coefficient (Wildman–Crippen LogP) is 2.22. The lowest BCUT2D eigenvalue weighted by molar-refractivity contribution is -0.119. The molecule has 0 fully saturated rings. The Morgan fingerprint density at radius 1 is 1.07 bits per heavy atom. The van der Waals surface area contributed by atoms with Gasteiger partial charge in [0, 0.05) is 12.6 Å². The zero-order valence-electron chi connectivity index (χ0n) is 16.3. The van der Waals surface area contributed by atoms with Gasteiger partial charge in [0.1, 0.15) is 18.0 Å². The lowest BCUT2D eigenvalue weighted by Crippen LogP contribution is -2.40. The number of nitrogens with one attached hydrogen (secondary N) is 1. The van der Waals surface area contributed by atoms with Gasteiger partial charge in [-0.05, 0) is 30.5 Å². The van der Waals surface area contributed by atoms with Crippen LogP contribution in [-0.4, -0.2) is 47.9 Å². The first-order valence-electron chi connectivity index (χ1n) is 8.85. The Morgan fingerprint density at radius 3 is 2.39 bits per heavy atom. The summed E-state index contributed by atoms with van der Waals surface area (Å²) in [6.45, 7) is 0.119. The van der Waals surface area contributed by atoms with Crippen LogP contribution in [0, 0.1) is 0 Å². The first-order chi connectivity index (χ1) is 13.3. The summed E-state index contributed by atoms with van der Waals surface area (Å²) in [5.41, 5.74) is 1.44. The van der Waals surface area contributed by atoms with E-state index in [1.807, 2.05) is 30.3 Å². The quantitative estimate of drug-likeness (QED) is 0.612. The van der Waals surface area contributed by atoms with Gasteiger partial charge in [-0.25, -0.2) is 8.42 Å². The third-order valence-corrected chi connectivity index (χ3v) is 5.28. The molecule has 0 heterocycles. The number of carbonyl (C=O) groups is 1. The summed E-state index contributed by atoms with van der Waals surface area (Å²) < 4.78 is 36.0. The summed E-state index contributed by atoms with van der Waals surface area (Å²) >= 11 is 0. The smallest absolute Gasteiger partial charge is 0.240 e. The summed E-state index contributed by atoms with van der Waals surface area (Å²) in [5, 5.41) is 2.77. The fourth-order valence-corrected chi connectivity index (χ4v) is 3.58. The van der Waals surface area contributed by atoms with Crippen LogP contribution in [0.4, 0.5) is 5.69 Å². The van der Waals surface area contributed by atoms with Crippen molar-refractivity contribution in [3.63, 3.8) is 0 Å². The van der Waals surface area contributed by atoms with E-state index < -0.39 is 10.0 Å². The summed E-state index contributed by atoms with van der Waals surface area (Å²) in [6, 6.07) is 14.8. The van der Waals surface area contributed by atoms with Gasteiger partial charge in [0.15, 0.2) is 0 Å². The van der Waals surface area contributed by atoms with Crippen LogP contribution >= 0.6 is 0 Å². The third-order valence-electron chi connectivity index (χ3n) is 4.15. The van der Waals surface area contributed by atoms with Crippen LogP contribution in [-0.2, 0) is 21.2 Å². The van der Waals surface area contributed by atoms with Gasteiger partial charge < -0.3 is 14.8 Å². The number of carbonyl (C=O) groups excluding carboxylic acids is 1. The molecule has 0 aliphatic heterocycles. The zero-order valence-corrected chi connectivity index (χ0v) is 17.2. The van der Waals surface area contributed by atoms with Crippen molar-refractivity contribution in [2.24, 2.45) is 0 Å². The van der Waals surface area contributed by atoms with Gasteiger partial charge in [-0.3, -0.25) is 9.10 Å².